The Hall–Kier alpha value is -0.0800. The fourth-order valence-corrected chi connectivity index (χ4v) is 3.96. The largest absolute Gasteiger partial charge is 0.314 e. The summed E-state index contributed by atoms with van der Waals surface area (Å²) in [6, 6.07) is 1.56. The highest BCUT2D eigenvalue weighted by atomic mass is 15.1. The fourth-order valence-electron chi connectivity index (χ4n) is 3.96. The van der Waals surface area contributed by atoms with E-state index in [1.165, 1.54) is 77.3 Å². The molecule has 0 spiro atoms. The number of hydrogen-bond acceptors (Lipinski definition) is 2. The second-order valence-electron chi connectivity index (χ2n) is 6.91. The minimum atomic E-state index is 0.729. The van der Waals surface area contributed by atoms with Gasteiger partial charge in [0.25, 0.3) is 0 Å². The molecule has 2 heteroatoms. The summed E-state index contributed by atoms with van der Waals surface area (Å²) in [4.78, 5) is 2.57. The SMILES string of the molecule is C[C@@H](NCCC1CCCCN1C)C1CCCCCC1. The molecule has 2 nitrogen and oxygen atoms in total. The van der Waals surface area contributed by atoms with E-state index >= 15 is 0 Å². The third kappa shape index (κ3) is 5.07. The molecule has 1 aliphatic carbocycles. The molecular weight excluding hydrogens is 232 g/mol. The lowest BCUT2D eigenvalue weighted by Crippen LogP contribution is -2.40. The highest BCUT2D eigenvalue weighted by Crippen LogP contribution is 2.25. The van der Waals surface area contributed by atoms with E-state index in [0.29, 0.717) is 0 Å². The van der Waals surface area contributed by atoms with E-state index in [1.54, 1.807) is 0 Å². The first-order valence-corrected chi connectivity index (χ1v) is 8.71. The van der Waals surface area contributed by atoms with E-state index in [2.05, 4.69) is 24.2 Å². The summed E-state index contributed by atoms with van der Waals surface area (Å²) in [6.45, 7) is 4.94. The zero-order valence-corrected chi connectivity index (χ0v) is 13.2. The van der Waals surface area contributed by atoms with Crippen LogP contribution in [0, 0.1) is 5.92 Å². The summed E-state index contributed by atoms with van der Waals surface area (Å²) in [5, 5.41) is 3.82. The number of hydrogen-bond donors (Lipinski definition) is 1. The van der Waals surface area contributed by atoms with E-state index in [4.69, 9.17) is 0 Å². The monoisotopic (exact) mass is 266 g/mol. The van der Waals surface area contributed by atoms with Crippen LogP contribution in [0.15, 0.2) is 0 Å². The molecule has 2 aliphatic rings. The van der Waals surface area contributed by atoms with Crippen molar-refractivity contribution < 1.29 is 0 Å². The predicted molar refractivity (Wildman–Crippen MR) is 83.5 cm³/mol. The first-order valence-electron chi connectivity index (χ1n) is 8.71. The normalized spacial score (nSPS) is 29.1. The van der Waals surface area contributed by atoms with Gasteiger partial charge in [-0.25, -0.2) is 0 Å². The van der Waals surface area contributed by atoms with Gasteiger partial charge < -0.3 is 10.2 Å². The van der Waals surface area contributed by atoms with Crippen LogP contribution in [0.1, 0.15) is 71.1 Å². The highest BCUT2D eigenvalue weighted by molar-refractivity contribution is 4.78. The van der Waals surface area contributed by atoms with Crippen molar-refractivity contribution in [1.82, 2.24) is 10.2 Å². The van der Waals surface area contributed by atoms with E-state index in [-0.39, 0.29) is 0 Å². The molecular formula is C17H34N2. The van der Waals surface area contributed by atoms with Crippen LogP contribution in [0.4, 0.5) is 0 Å². The molecule has 1 saturated carbocycles. The Morgan fingerprint density at radius 1 is 1.00 bits per heavy atom. The number of piperidine rings is 1. The second kappa shape index (κ2) is 8.26. The number of nitrogens with one attached hydrogen (secondary N) is 1. The summed E-state index contributed by atoms with van der Waals surface area (Å²) in [7, 11) is 2.30. The van der Waals surface area contributed by atoms with Crippen LogP contribution in [0.2, 0.25) is 0 Å². The van der Waals surface area contributed by atoms with Gasteiger partial charge in [0, 0.05) is 12.1 Å². The third-order valence-corrected chi connectivity index (χ3v) is 5.47. The van der Waals surface area contributed by atoms with Gasteiger partial charge in [-0.15, -0.1) is 0 Å². The van der Waals surface area contributed by atoms with Gasteiger partial charge in [-0.2, -0.15) is 0 Å². The average Bonchev–Trinajstić information content (AvgIpc) is 2.70. The maximum atomic E-state index is 3.82. The molecule has 0 aromatic carbocycles. The summed E-state index contributed by atoms with van der Waals surface area (Å²) < 4.78 is 0. The first-order chi connectivity index (χ1) is 9.27. The summed E-state index contributed by atoms with van der Waals surface area (Å²) >= 11 is 0. The second-order valence-corrected chi connectivity index (χ2v) is 6.91. The highest BCUT2D eigenvalue weighted by Gasteiger charge is 2.21. The summed E-state index contributed by atoms with van der Waals surface area (Å²) in [5.41, 5.74) is 0. The lowest BCUT2D eigenvalue weighted by molar-refractivity contribution is 0.173. The van der Waals surface area contributed by atoms with E-state index in [9.17, 15) is 0 Å². The lowest BCUT2D eigenvalue weighted by Gasteiger charge is -2.33. The van der Waals surface area contributed by atoms with Crippen LogP contribution in [0.5, 0.6) is 0 Å². The molecule has 0 aromatic heterocycles. The molecule has 0 amide bonds. The molecule has 1 unspecified atom stereocenters. The van der Waals surface area contributed by atoms with Crippen molar-refractivity contribution in [1.29, 1.82) is 0 Å². The minimum absolute atomic E-state index is 0.729. The van der Waals surface area contributed by atoms with Gasteiger partial charge in [-0.1, -0.05) is 32.1 Å². The molecule has 0 aromatic rings. The van der Waals surface area contributed by atoms with Crippen LogP contribution in [-0.4, -0.2) is 37.1 Å². The van der Waals surface area contributed by atoms with E-state index in [0.717, 1.165) is 18.0 Å². The van der Waals surface area contributed by atoms with Crippen LogP contribution in [0.3, 0.4) is 0 Å². The van der Waals surface area contributed by atoms with Crippen LogP contribution >= 0.6 is 0 Å². The zero-order valence-electron chi connectivity index (χ0n) is 13.2. The van der Waals surface area contributed by atoms with Crippen molar-refractivity contribution in [2.24, 2.45) is 5.92 Å². The summed E-state index contributed by atoms with van der Waals surface area (Å²) in [5.74, 6) is 0.937. The van der Waals surface area contributed by atoms with Crippen molar-refractivity contribution in [2.45, 2.75) is 83.2 Å². The molecule has 2 atom stereocenters. The van der Waals surface area contributed by atoms with Gasteiger partial charge in [0.2, 0.25) is 0 Å². The quantitative estimate of drug-likeness (QED) is 0.761. The van der Waals surface area contributed by atoms with E-state index < -0.39 is 0 Å². The van der Waals surface area contributed by atoms with Crippen molar-refractivity contribution in [3.63, 3.8) is 0 Å². The average molecular weight is 266 g/mol. The molecule has 112 valence electrons. The molecule has 2 rings (SSSR count). The topological polar surface area (TPSA) is 15.3 Å². The molecule has 0 radical (unpaired) electrons. The molecule has 1 N–H and O–H groups in total. The van der Waals surface area contributed by atoms with Crippen molar-refractivity contribution >= 4 is 0 Å². The molecule has 1 saturated heterocycles. The Morgan fingerprint density at radius 3 is 2.37 bits per heavy atom. The van der Waals surface area contributed by atoms with Crippen molar-refractivity contribution in [3.05, 3.63) is 0 Å². The minimum Gasteiger partial charge on any atom is -0.314 e. The van der Waals surface area contributed by atoms with Gasteiger partial charge in [-0.3, -0.25) is 0 Å². The fraction of sp³-hybridized carbons (Fsp3) is 1.00. The Balaban J connectivity index is 1.63. The number of likely N-dealkylation sites (tertiary alicyclic amines) is 1. The zero-order chi connectivity index (χ0) is 13.5. The molecule has 2 fully saturated rings. The number of nitrogens with zero attached hydrogens (tertiary/aromatic N) is 1. The van der Waals surface area contributed by atoms with Crippen LogP contribution in [0.25, 0.3) is 0 Å². The molecule has 0 bridgehead atoms. The third-order valence-electron chi connectivity index (χ3n) is 5.47. The van der Waals surface area contributed by atoms with Gasteiger partial charge in [0.15, 0.2) is 0 Å². The Labute approximate surface area is 120 Å². The Kier molecular flexibility index (Phi) is 6.66. The maximum absolute atomic E-state index is 3.82. The Bertz CT molecular complexity index is 233. The van der Waals surface area contributed by atoms with Crippen LogP contribution < -0.4 is 5.32 Å². The van der Waals surface area contributed by atoms with E-state index in [1.807, 2.05) is 0 Å². The standard InChI is InChI=1S/C17H34N2/c1-15(16-9-5-3-4-6-10-16)18-13-12-17-11-7-8-14-19(17)2/h15-18H,3-14H2,1-2H3/t15-,17?/m1/s1. The summed E-state index contributed by atoms with van der Waals surface area (Å²) in [6.07, 6.45) is 14.4. The lowest BCUT2D eigenvalue weighted by atomic mass is 9.92. The predicted octanol–water partition coefficient (Wildman–Crippen LogP) is 3.81. The van der Waals surface area contributed by atoms with Crippen molar-refractivity contribution in [2.75, 3.05) is 20.1 Å². The first kappa shape index (κ1) is 15.3. The molecule has 1 aliphatic heterocycles. The Morgan fingerprint density at radius 2 is 1.68 bits per heavy atom. The van der Waals surface area contributed by atoms with Gasteiger partial charge in [0.05, 0.1) is 0 Å². The van der Waals surface area contributed by atoms with Crippen molar-refractivity contribution in [3.8, 4) is 0 Å². The maximum Gasteiger partial charge on any atom is 0.0104 e. The smallest absolute Gasteiger partial charge is 0.0104 e. The number of rotatable bonds is 5. The van der Waals surface area contributed by atoms with Gasteiger partial charge in [0.1, 0.15) is 0 Å². The van der Waals surface area contributed by atoms with Crippen LogP contribution in [-0.2, 0) is 0 Å². The van der Waals surface area contributed by atoms with Gasteiger partial charge in [-0.05, 0) is 65.1 Å². The molecule has 19 heavy (non-hydrogen) atoms. The van der Waals surface area contributed by atoms with Gasteiger partial charge >= 0.3 is 0 Å². The molecule has 1 heterocycles.